The summed E-state index contributed by atoms with van der Waals surface area (Å²) < 4.78 is 5.47. The highest BCUT2D eigenvalue weighted by atomic mass is 16.5. The fourth-order valence-electron chi connectivity index (χ4n) is 4.86. The lowest BCUT2D eigenvalue weighted by Gasteiger charge is -2.28. The number of ether oxygens (including phenoxy) is 1. The van der Waals surface area contributed by atoms with Crippen molar-refractivity contribution in [3.8, 4) is 0 Å². The van der Waals surface area contributed by atoms with Gasteiger partial charge in [-0.3, -0.25) is 4.79 Å². The highest BCUT2D eigenvalue weighted by Crippen LogP contribution is 2.41. The SMILES string of the molecule is Cc1cccc(CN2CCC3(CCN(CC4CCOCC4)C3)C2=O)c1. The molecular weight excluding hydrogens is 312 g/mol. The Bertz CT molecular complexity index is 626. The molecule has 136 valence electrons. The van der Waals surface area contributed by atoms with Crippen LogP contribution in [0.5, 0.6) is 0 Å². The summed E-state index contributed by atoms with van der Waals surface area (Å²) in [5, 5.41) is 0. The number of carbonyl (C=O) groups excluding carboxylic acids is 1. The number of hydrogen-bond donors (Lipinski definition) is 0. The van der Waals surface area contributed by atoms with E-state index in [2.05, 4.69) is 41.0 Å². The van der Waals surface area contributed by atoms with Gasteiger partial charge in [-0.05, 0) is 50.6 Å². The number of benzene rings is 1. The van der Waals surface area contributed by atoms with Crippen molar-refractivity contribution < 1.29 is 9.53 Å². The predicted molar refractivity (Wildman–Crippen MR) is 98.2 cm³/mol. The Balaban J connectivity index is 1.36. The lowest BCUT2D eigenvalue weighted by atomic mass is 9.85. The van der Waals surface area contributed by atoms with Crippen molar-refractivity contribution in [3.63, 3.8) is 0 Å². The molecule has 4 rings (SSSR count). The molecule has 0 saturated carbocycles. The molecule has 1 unspecified atom stereocenters. The van der Waals surface area contributed by atoms with Crippen LogP contribution in [0.3, 0.4) is 0 Å². The molecule has 3 fully saturated rings. The average molecular weight is 342 g/mol. The van der Waals surface area contributed by atoms with E-state index in [9.17, 15) is 4.79 Å². The van der Waals surface area contributed by atoms with E-state index in [0.717, 1.165) is 64.7 Å². The van der Waals surface area contributed by atoms with Gasteiger partial charge in [0.25, 0.3) is 0 Å². The molecule has 0 aromatic heterocycles. The Morgan fingerprint density at radius 1 is 1.20 bits per heavy atom. The average Bonchev–Trinajstić information content (AvgIpc) is 3.15. The van der Waals surface area contributed by atoms with Gasteiger partial charge in [-0.2, -0.15) is 0 Å². The van der Waals surface area contributed by atoms with Crippen molar-refractivity contribution in [2.45, 2.75) is 39.2 Å². The fraction of sp³-hybridized carbons (Fsp3) is 0.667. The molecule has 3 saturated heterocycles. The molecule has 1 aromatic carbocycles. The van der Waals surface area contributed by atoms with E-state index in [1.807, 2.05) is 0 Å². The summed E-state index contributed by atoms with van der Waals surface area (Å²) >= 11 is 0. The predicted octanol–water partition coefficient (Wildman–Crippen LogP) is 2.85. The van der Waals surface area contributed by atoms with Gasteiger partial charge in [0.1, 0.15) is 0 Å². The van der Waals surface area contributed by atoms with Crippen molar-refractivity contribution in [3.05, 3.63) is 35.4 Å². The molecule has 3 aliphatic rings. The summed E-state index contributed by atoms with van der Waals surface area (Å²) in [4.78, 5) is 17.8. The standard InChI is InChI=1S/C21H30N2O2/c1-17-3-2-4-19(13-17)15-23-10-8-21(20(23)24)7-9-22(16-21)14-18-5-11-25-12-6-18/h2-4,13,18H,5-12,14-16H2,1H3. The van der Waals surface area contributed by atoms with Gasteiger partial charge in [0.2, 0.25) is 5.91 Å². The summed E-state index contributed by atoms with van der Waals surface area (Å²) in [6.07, 6.45) is 4.43. The van der Waals surface area contributed by atoms with Gasteiger partial charge in [-0.1, -0.05) is 29.8 Å². The monoisotopic (exact) mass is 342 g/mol. The van der Waals surface area contributed by atoms with Crippen LogP contribution in [0.1, 0.15) is 36.8 Å². The fourth-order valence-corrected chi connectivity index (χ4v) is 4.86. The number of carbonyl (C=O) groups is 1. The topological polar surface area (TPSA) is 32.8 Å². The van der Waals surface area contributed by atoms with E-state index in [4.69, 9.17) is 4.74 Å². The maximum atomic E-state index is 13.1. The van der Waals surface area contributed by atoms with Crippen molar-refractivity contribution >= 4 is 5.91 Å². The lowest BCUT2D eigenvalue weighted by molar-refractivity contribution is -0.136. The number of hydrogen-bond acceptors (Lipinski definition) is 3. The van der Waals surface area contributed by atoms with E-state index >= 15 is 0 Å². The number of nitrogens with zero attached hydrogens (tertiary/aromatic N) is 2. The van der Waals surface area contributed by atoms with Crippen LogP contribution < -0.4 is 0 Å². The second-order valence-electron chi connectivity index (χ2n) is 8.29. The zero-order chi connectivity index (χ0) is 17.3. The van der Waals surface area contributed by atoms with Gasteiger partial charge in [0.15, 0.2) is 0 Å². The highest BCUT2D eigenvalue weighted by Gasteiger charge is 2.50. The Labute approximate surface area is 151 Å². The van der Waals surface area contributed by atoms with E-state index in [-0.39, 0.29) is 5.41 Å². The molecule has 4 heteroatoms. The Hall–Kier alpha value is -1.39. The molecule has 1 amide bonds. The molecule has 0 N–H and O–H groups in total. The summed E-state index contributed by atoms with van der Waals surface area (Å²) in [6, 6.07) is 8.54. The first-order valence-corrected chi connectivity index (χ1v) is 9.80. The molecule has 1 aromatic rings. The molecule has 0 bridgehead atoms. The lowest BCUT2D eigenvalue weighted by Crippen LogP contribution is -2.38. The van der Waals surface area contributed by atoms with Crippen LogP contribution in [0, 0.1) is 18.3 Å². The largest absolute Gasteiger partial charge is 0.381 e. The third-order valence-electron chi connectivity index (χ3n) is 6.35. The Kier molecular flexibility index (Phi) is 4.83. The third-order valence-corrected chi connectivity index (χ3v) is 6.35. The van der Waals surface area contributed by atoms with Gasteiger partial charge in [0, 0.05) is 39.4 Å². The minimum absolute atomic E-state index is 0.102. The van der Waals surface area contributed by atoms with Crippen LogP contribution in [-0.2, 0) is 16.1 Å². The van der Waals surface area contributed by atoms with E-state index in [0.29, 0.717) is 5.91 Å². The zero-order valence-electron chi connectivity index (χ0n) is 15.4. The first kappa shape index (κ1) is 17.0. The molecule has 1 atom stereocenters. The second-order valence-corrected chi connectivity index (χ2v) is 8.29. The van der Waals surface area contributed by atoms with E-state index in [1.54, 1.807) is 0 Å². The molecule has 1 spiro atoms. The van der Waals surface area contributed by atoms with E-state index < -0.39 is 0 Å². The quantitative estimate of drug-likeness (QED) is 0.843. The normalized spacial score (nSPS) is 28.4. The molecule has 0 radical (unpaired) electrons. The van der Waals surface area contributed by atoms with Crippen molar-refractivity contribution in [1.82, 2.24) is 9.80 Å². The van der Waals surface area contributed by atoms with Crippen LogP contribution in [0.25, 0.3) is 0 Å². The summed E-state index contributed by atoms with van der Waals surface area (Å²) in [7, 11) is 0. The Morgan fingerprint density at radius 2 is 2.00 bits per heavy atom. The minimum atomic E-state index is -0.102. The van der Waals surface area contributed by atoms with Gasteiger partial charge >= 0.3 is 0 Å². The molecule has 25 heavy (non-hydrogen) atoms. The molecule has 3 aliphatic heterocycles. The molecule has 3 heterocycles. The van der Waals surface area contributed by atoms with Crippen LogP contribution in [0.2, 0.25) is 0 Å². The van der Waals surface area contributed by atoms with Crippen LogP contribution in [-0.4, -0.2) is 55.1 Å². The van der Waals surface area contributed by atoms with E-state index in [1.165, 1.54) is 24.0 Å². The van der Waals surface area contributed by atoms with Gasteiger partial charge in [-0.25, -0.2) is 0 Å². The Morgan fingerprint density at radius 3 is 2.80 bits per heavy atom. The molecule has 0 aliphatic carbocycles. The van der Waals surface area contributed by atoms with Gasteiger partial charge in [0.05, 0.1) is 5.41 Å². The van der Waals surface area contributed by atoms with Gasteiger partial charge < -0.3 is 14.5 Å². The number of rotatable bonds is 4. The minimum Gasteiger partial charge on any atom is -0.381 e. The maximum absolute atomic E-state index is 13.1. The zero-order valence-corrected chi connectivity index (χ0v) is 15.4. The first-order valence-electron chi connectivity index (χ1n) is 9.80. The van der Waals surface area contributed by atoms with Crippen LogP contribution >= 0.6 is 0 Å². The second kappa shape index (κ2) is 7.08. The highest BCUT2D eigenvalue weighted by molar-refractivity contribution is 5.85. The van der Waals surface area contributed by atoms with Crippen molar-refractivity contribution in [2.24, 2.45) is 11.3 Å². The van der Waals surface area contributed by atoms with Crippen LogP contribution in [0.15, 0.2) is 24.3 Å². The summed E-state index contributed by atoms with van der Waals surface area (Å²) in [6.45, 7) is 8.81. The summed E-state index contributed by atoms with van der Waals surface area (Å²) in [5.41, 5.74) is 2.42. The number of amides is 1. The van der Waals surface area contributed by atoms with Gasteiger partial charge in [-0.15, -0.1) is 0 Å². The third kappa shape index (κ3) is 3.61. The summed E-state index contributed by atoms with van der Waals surface area (Å²) in [5.74, 6) is 1.15. The number of likely N-dealkylation sites (tertiary alicyclic amines) is 2. The maximum Gasteiger partial charge on any atom is 0.230 e. The number of aryl methyl sites for hydroxylation is 1. The van der Waals surface area contributed by atoms with Crippen molar-refractivity contribution in [2.75, 3.05) is 39.4 Å². The van der Waals surface area contributed by atoms with Crippen LogP contribution in [0.4, 0.5) is 0 Å². The molecule has 4 nitrogen and oxygen atoms in total. The molecular formula is C21H30N2O2. The van der Waals surface area contributed by atoms with Crippen molar-refractivity contribution in [1.29, 1.82) is 0 Å². The smallest absolute Gasteiger partial charge is 0.230 e. The first-order chi connectivity index (χ1) is 12.1.